The number of benzene rings is 2. The standard InChI is InChI=1S/C24H20F4N2O2/c25-19-9-6-16(7-10-19)12-13-23(32,18-4-2-1-3-5-18)22(31)30-20-11-8-17(15-29)21(14-20)24(26,27)28/h6-11,14,18,32H,1-5H2,(H,30,31). The highest BCUT2D eigenvalue weighted by Crippen LogP contribution is 2.36. The van der Waals surface area contributed by atoms with Gasteiger partial charge in [0.1, 0.15) is 5.82 Å². The molecule has 1 fully saturated rings. The summed E-state index contributed by atoms with van der Waals surface area (Å²) in [5.41, 5.74) is -3.74. The number of halogens is 4. The number of amides is 1. The van der Waals surface area contributed by atoms with E-state index < -0.39 is 40.5 Å². The van der Waals surface area contributed by atoms with Gasteiger partial charge in [0.05, 0.1) is 17.2 Å². The van der Waals surface area contributed by atoms with Crippen LogP contribution < -0.4 is 5.32 Å². The largest absolute Gasteiger partial charge is 0.417 e. The zero-order valence-electron chi connectivity index (χ0n) is 17.0. The monoisotopic (exact) mass is 444 g/mol. The fraction of sp³-hybridized carbons (Fsp3) is 0.333. The molecule has 1 unspecified atom stereocenters. The van der Waals surface area contributed by atoms with Crippen LogP contribution in [0.3, 0.4) is 0 Å². The molecule has 0 saturated heterocycles. The van der Waals surface area contributed by atoms with Crippen molar-refractivity contribution < 1.29 is 27.5 Å². The van der Waals surface area contributed by atoms with Crippen molar-refractivity contribution in [2.24, 2.45) is 5.92 Å². The Morgan fingerprint density at radius 3 is 2.31 bits per heavy atom. The van der Waals surface area contributed by atoms with Gasteiger partial charge in [-0.1, -0.05) is 31.1 Å². The molecule has 0 bridgehead atoms. The van der Waals surface area contributed by atoms with Crippen molar-refractivity contribution in [1.29, 1.82) is 5.26 Å². The highest BCUT2D eigenvalue weighted by Gasteiger charge is 2.43. The predicted octanol–water partition coefficient (Wildman–Crippen LogP) is 5.02. The van der Waals surface area contributed by atoms with Crippen molar-refractivity contribution in [2.45, 2.75) is 43.9 Å². The molecule has 2 aromatic carbocycles. The van der Waals surface area contributed by atoms with Crippen LogP contribution >= 0.6 is 0 Å². The third kappa shape index (κ3) is 5.27. The maximum absolute atomic E-state index is 13.3. The van der Waals surface area contributed by atoms with Gasteiger partial charge < -0.3 is 10.4 Å². The maximum atomic E-state index is 13.3. The zero-order valence-corrected chi connectivity index (χ0v) is 17.0. The first-order valence-electron chi connectivity index (χ1n) is 10.1. The molecule has 1 atom stereocenters. The first-order chi connectivity index (χ1) is 15.1. The quantitative estimate of drug-likeness (QED) is 0.516. The van der Waals surface area contributed by atoms with Gasteiger partial charge in [0.25, 0.3) is 5.91 Å². The summed E-state index contributed by atoms with van der Waals surface area (Å²) >= 11 is 0. The number of nitrogens with one attached hydrogen (secondary N) is 1. The Bertz CT molecular complexity index is 1090. The van der Waals surface area contributed by atoms with Gasteiger partial charge in [-0.05, 0) is 55.3 Å². The predicted molar refractivity (Wildman–Crippen MR) is 110 cm³/mol. The Balaban J connectivity index is 1.94. The lowest BCUT2D eigenvalue weighted by molar-refractivity contribution is -0.138. The van der Waals surface area contributed by atoms with Crippen LogP contribution in [0.5, 0.6) is 0 Å². The third-order valence-electron chi connectivity index (χ3n) is 5.49. The summed E-state index contributed by atoms with van der Waals surface area (Å²) in [7, 11) is 0. The molecule has 32 heavy (non-hydrogen) atoms. The van der Waals surface area contributed by atoms with Gasteiger partial charge in [-0.15, -0.1) is 0 Å². The van der Waals surface area contributed by atoms with Crippen molar-refractivity contribution >= 4 is 11.6 Å². The van der Waals surface area contributed by atoms with E-state index in [0.29, 0.717) is 24.5 Å². The second kappa shape index (κ2) is 9.42. The van der Waals surface area contributed by atoms with Gasteiger partial charge >= 0.3 is 6.18 Å². The number of carbonyl (C=O) groups excluding carboxylic acids is 1. The molecule has 1 amide bonds. The van der Waals surface area contributed by atoms with E-state index in [1.165, 1.54) is 36.4 Å². The van der Waals surface area contributed by atoms with E-state index in [1.807, 2.05) is 0 Å². The number of alkyl halides is 3. The molecule has 0 radical (unpaired) electrons. The summed E-state index contributed by atoms with van der Waals surface area (Å²) in [5.74, 6) is 3.35. The minimum absolute atomic E-state index is 0.209. The van der Waals surface area contributed by atoms with Gasteiger partial charge in [-0.3, -0.25) is 4.79 Å². The first kappa shape index (κ1) is 23.3. The molecular formula is C24H20F4N2O2. The molecule has 3 rings (SSSR count). The Morgan fingerprint density at radius 1 is 1.06 bits per heavy atom. The number of anilines is 1. The molecule has 0 heterocycles. The van der Waals surface area contributed by atoms with Crippen LogP contribution in [0.2, 0.25) is 0 Å². The van der Waals surface area contributed by atoms with Crippen LogP contribution in [0.15, 0.2) is 42.5 Å². The Labute approximate surface area is 182 Å². The van der Waals surface area contributed by atoms with Crippen LogP contribution in [0.25, 0.3) is 0 Å². The topological polar surface area (TPSA) is 73.1 Å². The van der Waals surface area contributed by atoms with Crippen LogP contribution in [0, 0.1) is 34.9 Å². The summed E-state index contributed by atoms with van der Waals surface area (Å²) in [6.07, 6.45) is -1.20. The van der Waals surface area contributed by atoms with E-state index in [4.69, 9.17) is 5.26 Å². The molecular weight excluding hydrogens is 424 g/mol. The molecule has 4 nitrogen and oxygen atoms in total. The number of hydrogen-bond donors (Lipinski definition) is 2. The zero-order chi connectivity index (χ0) is 23.4. The molecule has 1 saturated carbocycles. The van der Waals surface area contributed by atoms with Crippen LogP contribution in [-0.4, -0.2) is 16.6 Å². The Kier molecular flexibility index (Phi) is 6.86. The van der Waals surface area contributed by atoms with Crippen molar-refractivity contribution in [1.82, 2.24) is 0 Å². The molecule has 1 aliphatic carbocycles. The number of nitrogens with zero attached hydrogens (tertiary/aromatic N) is 1. The SMILES string of the molecule is N#Cc1ccc(NC(=O)C(O)(C#Cc2ccc(F)cc2)C2CCCCC2)cc1C(F)(F)F. The van der Waals surface area contributed by atoms with Gasteiger partial charge in [-0.2, -0.15) is 18.4 Å². The number of nitriles is 1. The fourth-order valence-corrected chi connectivity index (χ4v) is 3.75. The number of hydrogen-bond acceptors (Lipinski definition) is 3. The Morgan fingerprint density at radius 2 is 1.72 bits per heavy atom. The smallest absolute Gasteiger partial charge is 0.369 e. The average molecular weight is 444 g/mol. The number of carbonyl (C=O) groups is 1. The van der Waals surface area contributed by atoms with Crippen LogP contribution in [0.4, 0.5) is 23.2 Å². The maximum Gasteiger partial charge on any atom is 0.417 e. The minimum atomic E-state index is -4.78. The summed E-state index contributed by atoms with van der Waals surface area (Å²) in [6.45, 7) is 0. The number of rotatable bonds is 3. The van der Waals surface area contributed by atoms with Gasteiger partial charge in [0.2, 0.25) is 5.60 Å². The minimum Gasteiger partial charge on any atom is -0.369 e. The first-order valence-corrected chi connectivity index (χ1v) is 10.1. The summed E-state index contributed by atoms with van der Waals surface area (Å²) in [6, 6.07) is 9.45. The Hall–Kier alpha value is -3.36. The van der Waals surface area contributed by atoms with Crippen LogP contribution in [0.1, 0.15) is 48.8 Å². The second-order valence-corrected chi connectivity index (χ2v) is 7.68. The third-order valence-corrected chi connectivity index (χ3v) is 5.49. The van der Waals surface area contributed by atoms with Crippen molar-refractivity contribution in [2.75, 3.05) is 5.32 Å². The molecule has 2 N–H and O–H groups in total. The van der Waals surface area contributed by atoms with Gasteiger partial charge in [0, 0.05) is 17.2 Å². The lowest BCUT2D eigenvalue weighted by Gasteiger charge is -2.33. The second-order valence-electron chi connectivity index (χ2n) is 7.68. The van der Waals surface area contributed by atoms with Crippen molar-refractivity contribution in [3.8, 4) is 17.9 Å². The number of aliphatic hydroxyl groups is 1. The van der Waals surface area contributed by atoms with Gasteiger partial charge in [0.15, 0.2) is 0 Å². The summed E-state index contributed by atoms with van der Waals surface area (Å²) in [5, 5.41) is 22.5. The van der Waals surface area contributed by atoms with Gasteiger partial charge in [-0.25, -0.2) is 4.39 Å². The highest BCUT2D eigenvalue weighted by atomic mass is 19.4. The van der Waals surface area contributed by atoms with E-state index >= 15 is 0 Å². The van der Waals surface area contributed by atoms with E-state index in [1.54, 1.807) is 0 Å². The highest BCUT2D eigenvalue weighted by molar-refractivity contribution is 6.00. The normalized spacial score (nSPS) is 16.2. The van der Waals surface area contributed by atoms with Crippen LogP contribution in [-0.2, 0) is 11.0 Å². The lowest BCUT2D eigenvalue weighted by Crippen LogP contribution is -2.49. The molecule has 2 aromatic rings. The molecule has 0 aliphatic heterocycles. The van der Waals surface area contributed by atoms with E-state index in [2.05, 4.69) is 17.2 Å². The van der Waals surface area contributed by atoms with Crippen molar-refractivity contribution in [3.63, 3.8) is 0 Å². The molecule has 8 heteroatoms. The van der Waals surface area contributed by atoms with E-state index in [9.17, 15) is 27.5 Å². The fourth-order valence-electron chi connectivity index (χ4n) is 3.75. The lowest BCUT2D eigenvalue weighted by atomic mass is 9.76. The average Bonchev–Trinajstić information content (AvgIpc) is 2.78. The molecule has 0 aromatic heterocycles. The van der Waals surface area contributed by atoms with E-state index in [-0.39, 0.29) is 5.69 Å². The molecule has 1 aliphatic rings. The molecule has 0 spiro atoms. The summed E-state index contributed by atoms with van der Waals surface area (Å²) < 4.78 is 52.9. The van der Waals surface area contributed by atoms with E-state index in [0.717, 1.165) is 25.3 Å². The van der Waals surface area contributed by atoms with Crippen molar-refractivity contribution in [3.05, 3.63) is 65.0 Å². The summed E-state index contributed by atoms with van der Waals surface area (Å²) in [4.78, 5) is 13.1. The molecule has 166 valence electrons.